The number of aromatic nitrogens is 2. The monoisotopic (exact) mass is 593 g/mol. The molecule has 0 spiro atoms. The molecule has 2 N–H and O–H groups in total. The number of hydrogen-bond acceptors (Lipinski definition) is 4. The van der Waals surface area contributed by atoms with Gasteiger partial charge in [0.1, 0.15) is 6.04 Å². The van der Waals surface area contributed by atoms with Crippen molar-refractivity contribution in [2.75, 3.05) is 0 Å². The van der Waals surface area contributed by atoms with Crippen LogP contribution >= 0.6 is 39.1 Å². The van der Waals surface area contributed by atoms with Crippen molar-refractivity contribution in [3.8, 4) is 11.3 Å². The smallest absolute Gasteiger partial charge is 0.326 e. The summed E-state index contributed by atoms with van der Waals surface area (Å²) in [7, 11) is 0. The number of rotatable bonds is 6. The first-order valence-electron chi connectivity index (χ1n) is 11.2. The van der Waals surface area contributed by atoms with E-state index >= 15 is 0 Å². The number of amides is 1. The second-order valence-corrected chi connectivity index (χ2v) is 9.95. The van der Waals surface area contributed by atoms with E-state index in [9.17, 15) is 14.7 Å². The largest absolute Gasteiger partial charge is 0.480 e. The minimum Gasteiger partial charge on any atom is -0.480 e. The molecule has 1 atom stereocenters. The van der Waals surface area contributed by atoms with Gasteiger partial charge in [0, 0.05) is 35.2 Å². The molecule has 0 fully saturated rings. The van der Waals surface area contributed by atoms with E-state index in [-0.39, 0.29) is 22.0 Å². The van der Waals surface area contributed by atoms with Crippen LogP contribution in [0.4, 0.5) is 0 Å². The second kappa shape index (κ2) is 10.5. The molecule has 2 heterocycles. The van der Waals surface area contributed by atoms with E-state index in [1.165, 1.54) is 12.1 Å². The van der Waals surface area contributed by atoms with E-state index in [4.69, 9.17) is 23.2 Å². The van der Waals surface area contributed by atoms with Gasteiger partial charge in [-0.3, -0.25) is 14.8 Å². The number of nitrogens with zero attached hydrogens (tertiary/aromatic N) is 2. The molecule has 0 saturated heterocycles. The fourth-order valence-corrected chi connectivity index (χ4v) is 5.53. The molecular weight excluding hydrogens is 577 g/mol. The van der Waals surface area contributed by atoms with Crippen molar-refractivity contribution >= 4 is 72.7 Å². The first-order valence-corrected chi connectivity index (χ1v) is 12.8. The molecule has 0 radical (unpaired) electrons. The van der Waals surface area contributed by atoms with Crippen molar-refractivity contribution in [1.29, 1.82) is 0 Å². The lowest BCUT2D eigenvalue weighted by Crippen LogP contribution is -2.42. The van der Waals surface area contributed by atoms with Gasteiger partial charge in [-0.05, 0) is 45.1 Å². The van der Waals surface area contributed by atoms with Crippen LogP contribution in [0.2, 0.25) is 10.0 Å². The lowest BCUT2D eigenvalue weighted by Gasteiger charge is -2.18. The van der Waals surface area contributed by atoms with Crippen molar-refractivity contribution in [3.05, 3.63) is 105 Å². The fourth-order valence-electron chi connectivity index (χ4n) is 4.28. The number of carboxylic acid groups (broad SMARTS) is 1. The quantitative estimate of drug-likeness (QED) is 0.222. The van der Waals surface area contributed by atoms with Crippen LogP contribution in [0.1, 0.15) is 15.9 Å². The molecule has 0 aliphatic carbocycles. The Hall–Kier alpha value is -3.52. The van der Waals surface area contributed by atoms with E-state index < -0.39 is 17.9 Å². The molecule has 37 heavy (non-hydrogen) atoms. The first-order chi connectivity index (χ1) is 17.8. The lowest BCUT2D eigenvalue weighted by molar-refractivity contribution is -0.139. The Morgan fingerprint density at radius 3 is 2.41 bits per heavy atom. The minimum atomic E-state index is -1.23. The van der Waals surface area contributed by atoms with Crippen molar-refractivity contribution in [2.45, 2.75) is 12.5 Å². The molecule has 1 amide bonds. The van der Waals surface area contributed by atoms with Gasteiger partial charge in [-0.2, -0.15) is 0 Å². The van der Waals surface area contributed by atoms with E-state index in [1.807, 2.05) is 54.7 Å². The van der Waals surface area contributed by atoms with Gasteiger partial charge in [0.05, 0.1) is 31.3 Å². The topological polar surface area (TPSA) is 92.2 Å². The zero-order valence-electron chi connectivity index (χ0n) is 19.1. The zero-order valence-corrected chi connectivity index (χ0v) is 22.2. The van der Waals surface area contributed by atoms with Crippen molar-refractivity contribution in [1.82, 2.24) is 15.3 Å². The highest BCUT2D eigenvalue weighted by atomic mass is 79.9. The fraction of sp³-hybridized carbons (Fsp3) is 0.0714. The molecule has 5 aromatic rings. The summed E-state index contributed by atoms with van der Waals surface area (Å²) in [6.07, 6.45) is 3.47. The summed E-state index contributed by atoms with van der Waals surface area (Å²) in [6.45, 7) is 0. The number of nitrogens with one attached hydrogen (secondary N) is 1. The van der Waals surface area contributed by atoms with Crippen LogP contribution < -0.4 is 5.32 Å². The first kappa shape index (κ1) is 25.1. The van der Waals surface area contributed by atoms with Gasteiger partial charge < -0.3 is 10.4 Å². The number of benzene rings is 3. The third-order valence-electron chi connectivity index (χ3n) is 6.06. The molecule has 0 aliphatic rings. The third kappa shape index (κ3) is 4.90. The highest BCUT2D eigenvalue weighted by Gasteiger charge is 2.25. The van der Waals surface area contributed by atoms with Gasteiger partial charge in [0.15, 0.2) is 0 Å². The van der Waals surface area contributed by atoms with Gasteiger partial charge in [-0.1, -0.05) is 71.7 Å². The van der Waals surface area contributed by atoms with E-state index in [0.717, 1.165) is 31.9 Å². The lowest BCUT2D eigenvalue weighted by atomic mass is 9.96. The predicted octanol–water partition coefficient (Wildman–Crippen LogP) is 6.95. The molecular formula is C28H18BrCl2N3O3. The van der Waals surface area contributed by atoms with Crippen LogP contribution in [-0.2, 0) is 11.2 Å². The Labute approximate surface area is 230 Å². The van der Waals surface area contributed by atoms with Crippen LogP contribution in [0.5, 0.6) is 0 Å². The molecule has 184 valence electrons. The third-order valence-corrected chi connectivity index (χ3v) is 7.50. The van der Waals surface area contributed by atoms with Gasteiger partial charge in [-0.25, -0.2) is 4.79 Å². The molecule has 6 nitrogen and oxygen atoms in total. The number of pyridine rings is 2. The normalized spacial score (nSPS) is 12.0. The zero-order chi connectivity index (χ0) is 26.1. The Bertz CT molecular complexity index is 1670. The van der Waals surface area contributed by atoms with Crippen molar-refractivity contribution in [2.24, 2.45) is 0 Å². The summed E-state index contributed by atoms with van der Waals surface area (Å²) in [5, 5.41) is 15.6. The highest BCUT2D eigenvalue weighted by molar-refractivity contribution is 9.10. The average molecular weight is 595 g/mol. The summed E-state index contributed by atoms with van der Waals surface area (Å²) in [4.78, 5) is 34.2. The SMILES string of the molecule is O=C(N[C@@H](Cc1ccc(-c2ncc3ccccc3c2Br)c2cccnc12)C(=O)O)c1c(Cl)cccc1Cl. The van der Waals surface area contributed by atoms with Crippen molar-refractivity contribution in [3.63, 3.8) is 0 Å². The summed E-state index contributed by atoms with van der Waals surface area (Å²) < 4.78 is 0.857. The molecule has 2 aromatic heterocycles. The molecule has 0 aliphatic heterocycles. The second-order valence-electron chi connectivity index (χ2n) is 8.34. The Balaban J connectivity index is 1.53. The van der Waals surface area contributed by atoms with Crippen LogP contribution in [0.25, 0.3) is 32.9 Å². The Kier molecular flexibility index (Phi) is 7.11. The standard InChI is InChI=1S/C28H18BrCl2N3O3/c29-24-17-6-2-1-5-16(17)14-33-26(24)19-11-10-15(25-18(19)7-4-12-32-25)13-22(28(36)37)34-27(35)23-20(30)8-3-9-21(23)31/h1-12,14,22H,13H2,(H,34,35)(H,36,37)/t22-/m0/s1. The summed E-state index contributed by atoms with van der Waals surface area (Å²) in [6, 6.07) is 18.8. The molecule has 9 heteroatoms. The molecule has 3 aromatic carbocycles. The van der Waals surface area contributed by atoms with E-state index in [0.29, 0.717) is 11.1 Å². The maximum atomic E-state index is 12.9. The predicted molar refractivity (Wildman–Crippen MR) is 149 cm³/mol. The maximum Gasteiger partial charge on any atom is 0.326 e. The molecule has 0 unspecified atom stereocenters. The Morgan fingerprint density at radius 1 is 0.919 bits per heavy atom. The van der Waals surface area contributed by atoms with Gasteiger partial charge in [-0.15, -0.1) is 0 Å². The molecule has 5 rings (SSSR count). The average Bonchev–Trinajstić information content (AvgIpc) is 2.89. The number of carboxylic acids is 1. The van der Waals surface area contributed by atoms with Crippen molar-refractivity contribution < 1.29 is 14.7 Å². The number of aliphatic carboxylic acids is 1. The van der Waals surface area contributed by atoms with Crippen LogP contribution in [-0.4, -0.2) is 33.0 Å². The summed E-state index contributed by atoms with van der Waals surface area (Å²) >= 11 is 16.0. The summed E-state index contributed by atoms with van der Waals surface area (Å²) in [5.74, 6) is -1.86. The van der Waals surface area contributed by atoms with Gasteiger partial charge in [0.25, 0.3) is 5.91 Å². The number of hydrogen-bond donors (Lipinski definition) is 2. The van der Waals surface area contributed by atoms with Crippen LogP contribution in [0.3, 0.4) is 0 Å². The van der Waals surface area contributed by atoms with Gasteiger partial charge in [0.2, 0.25) is 0 Å². The molecule has 0 saturated carbocycles. The van der Waals surface area contributed by atoms with Gasteiger partial charge >= 0.3 is 5.97 Å². The summed E-state index contributed by atoms with van der Waals surface area (Å²) in [5.41, 5.74) is 2.91. The van der Waals surface area contributed by atoms with Crippen LogP contribution in [0.15, 0.2) is 83.6 Å². The number of halogens is 3. The van der Waals surface area contributed by atoms with E-state index in [2.05, 4.69) is 31.2 Å². The number of fused-ring (bicyclic) bond motifs is 2. The number of carbonyl (C=O) groups is 2. The molecule has 0 bridgehead atoms. The Morgan fingerprint density at radius 2 is 1.65 bits per heavy atom. The highest BCUT2D eigenvalue weighted by Crippen LogP contribution is 2.37. The van der Waals surface area contributed by atoms with E-state index in [1.54, 1.807) is 12.3 Å². The van der Waals surface area contributed by atoms with Crippen LogP contribution in [0, 0.1) is 0 Å². The minimum absolute atomic E-state index is 0.00323. The number of carbonyl (C=O) groups excluding carboxylic acids is 1. The maximum absolute atomic E-state index is 12.9.